The molecule has 0 bridgehead atoms. The summed E-state index contributed by atoms with van der Waals surface area (Å²) in [6.07, 6.45) is 5.30. The zero-order valence-corrected chi connectivity index (χ0v) is 16.1. The highest BCUT2D eigenvalue weighted by molar-refractivity contribution is 8.18. The van der Waals surface area contributed by atoms with E-state index in [9.17, 15) is 4.79 Å². The Hall–Kier alpha value is -1.10. The van der Waals surface area contributed by atoms with Gasteiger partial charge in [0, 0.05) is 10.5 Å². The quantitative estimate of drug-likeness (QED) is 0.379. The van der Waals surface area contributed by atoms with Gasteiger partial charge in [-0.2, -0.15) is 0 Å². The number of thioether (sulfide) groups is 3. The van der Waals surface area contributed by atoms with Crippen LogP contribution in [0, 0.1) is 0 Å². The number of benzene rings is 2. The first kappa shape index (κ1) is 17.7. The van der Waals surface area contributed by atoms with Gasteiger partial charge in [0.05, 0.1) is 0 Å². The number of hydrogen-bond donors (Lipinski definition) is 0. The predicted octanol–water partition coefficient (Wildman–Crippen LogP) is 5.71. The first-order valence-corrected chi connectivity index (χ1v) is 11.3. The molecule has 1 fully saturated rings. The maximum absolute atomic E-state index is 13.1. The molecule has 0 spiro atoms. The van der Waals surface area contributed by atoms with Gasteiger partial charge in [0.15, 0.2) is 5.78 Å². The zero-order valence-electron chi connectivity index (χ0n) is 13.6. The van der Waals surface area contributed by atoms with Gasteiger partial charge in [0.25, 0.3) is 0 Å². The molecule has 0 saturated carbocycles. The molecule has 2 aromatic rings. The summed E-state index contributed by atoms with van der Waals surface area (Å²) < 4.78 is 0.0238. The molecule has 1 heterocycles. The molecule has 1 aliphatic rings. The lowest BCUT2D eigenvalue weighted by atomic mass is 9.99. The van der Waals surface area contributed by atoms with Crippen molar-refractivity contribution in [3.63, 3.8) is 0 Å². The van der Waals surface area contributed by atoms with E-state index in [1.54, 1.807) is 35.3 Å². The van der Waals surface area contributed by atoms with Gasteiger partial charge in [-0.05, 0) is 53.5 Å². The molecule has 4 heteroatoms. The molecule has 3 rings (SSSR count). The number of allylic oxidation sites excluding steroid dienone is 1. The Morgan fingerprint density at radius 2 is 1.71 bits per heavy atom. The Morgan fingerprint density at radius 3 is 2.33 bits per heavy atom. The van der Waals surface area contributed by atoms with Gasteiger partial charge in [0.1, 0.15) is 4.58 Å². The molecule has 0 aliphatic carbocycles. The topological polar surface area (TPSA) is 17.1 Å². The van der Waals surface area contributed by atoms with E-state index in [-0.39, 0.29) is 10.4 Å². The fraction of sp³-hybridized carbons (Fsp3) is 0.250. The summed E-state index contributed by atoms with van der Waals surface area (Å²) in [7, 11) is 0. The van der Waals surface area contributed by atoms with Crippen molar-refractivity contribution in [2.45, 2.75) is 15.9 Å². The first-order valence-electron chi connectivity index (χ1n) is 7.96. The minimum Gasteiger partial charge on any atom is -0.292 e. The third-order valence-electron chi connectivity index (χ3n) is 3.82. The number of Topliss-reactive ketones (excluding diaryl/α,β-unsaturated/α-hetero) is 1. The molecule has 0 amide bonds. The fourth-order valence-corrected chi connectivity index (χ4v) is 5.71. The van der Waals surface area contributed by atoms with Crippen LogP contribution in [0.15, 0.2) is 59.5 Å². The first-order chi connectivity index (χ1) is 11.8. The van der Waals surface area contributed by atoms with E-state index in [1.165, 1.54) is 11.3 Å². The molecule has 0 aromatic heterocycles. The second kappa shape index (κ2) is 8.84. The predicted molar refractivity (Wildman–Crippen MR) is 111 cm³/mol. The van der Waals surface area contributed by atoms with E-state index in [0.717, 1.165) is 28.2 Å². The number of carbonyl (C=O) groups excluding carboxylic acids is 1. The van der Waals surface area contributed by atoms with Crippen molar-refractivity contribution in [1.82, 2.24) is 0 Å². The average Bonchev–Trinajstić information content (AvgIpc) is 2.67. The molecule has 0 radical (unpaired) electrons. The molecular formula is C20H20OS3. The van der Waals surface area contributed by atoms with E-state index in [4.69, 9.17) is 0 Å². The fourth-order valence-electron chi connectivity index (χ4n) is 2.55. The Labute approximate surface area is 156 Å². The molecule has 24 heavy (non-hydrogen) atoms. The van der Waals surface area contributed by atoms with Crippen molar-refractivity contribution in [3.05, 3.63) is 65.7 Å². The lowest BCUT2D eigenvalue weighted by Crippen LogP contribution is -2.19. The lowest BCUT2D eigenvalue weighted by molar-refractivity contribution is -0.112. The molecule has 1 nitrogen and oxygen atoms in total. The molecule has 2 aromatic carbocycles. The van der Waals surface area contributed by atoms with Crippen LogP contribution in [0.3, 0.4) is 0 Å². The highest BCUT2D eigenvalue weighted by atomic mass is 32.2. The molecule has 1 saturated heterocycles. The van der Waals surface area contributed by atoms with Crippen molar-refractivity contribution in [2.75, 3.05) is 17.8 Å². The Morgan fingerprint density at radius 1 is 1.04 bits per heavy atom. The van der Waals surface area contributed by atoms with Gasteiger partial charge >= 0.3 is 0 Å². The Bertz CT molecular complexity index is 701. The Kier molecular flexibility index (Phi) is 6.52. The monoisotopic (exact) mass is 372 g/mol. The van der Waals surface area contributed by atoms with Crippen LogP contribution >= 0.6 is 35.3 Å². The van der Waals surface area contributed by atoms with Crippen molar-refractivity contribution >= 4 is 52.7 Å². The standard InChI is InChI=1S/C20H20OS3/c1-22-17-10-8-15(9-11-17)14-18(16-6-3-2-4-7-16)19(21)20-23-12-5-13-24-20/h2-4,6-11,14,20H,5,12-13H2,1H3. The maximum atomic E-state index is 13.1. The zero-order chi connectivity index (χ0) is 16.8. The van der Waals surface area contributed by atoms with Crippen LogP contribution in [-0.2, 0) is 4.79 Å². The summed E-state index contributed by atoms with van der Waals surface area (Å²) >= 11 is 5.29. The van der Waals surface area contributed by atoms with Crippen LogP contribution in [0.4, 0.5) is 0 Å². The molecule has 124 valence electrons. The highest BCUT2D eigenvalue weighted by Crippen LogP contribution is 2.35. The van der Waals surface area contributed by atoms with Crippen molar-refractivity contribution in [3.8, 4) is 0 Å². The summed E-state index contributed by atoms with van der Waals surface area (Å²) in [5.41, 5.74) is 2.90. The van der Waals surface area contributed by atoms with E-state index >= 15 is 0 Å². The number of rotatable bonds is 5. The van der Waals surface area contributed by atoms with Gasteiger partial charge in [-0.1, -0.05) is 42.5 Å². The van der Waals surface area contributed by atoms with E-state index in [0.29, 0.717) is 0 Å². The molecular weight excluding hydrogens is 352 g/mol. The van der Waals surface area contributed by atoms with Gasteiger partial charge in [-0.25, -0.2) is 0 Å². The summed E-state index contributed by atoms with van der Waals surface area (Å²) in [5.74, 6) is 2.40. The van der Waals surface area contributed by atoms with Crippen molar-refractivity contribution in [2.24, 2.45) is 0 Å². The van der Waals surface area contributed by atoms with Crippen LogP contribution < -0.4 is 0 Å². The Balaban J connectivity index is 1.94. The number of hydrogen-bond acceptors (Lipinski definition) is 4. The van der Waals surface area contributed by atoms with Crippen LogP contribution in [0.1, 0.15) is 17.5 Å². The molecule has 1 aliphatic heterocycles. The van der Waals surface area contributed by atoms with Crippen LogP contribution in [0.2, 0.25) is 0 Å². The van der Waals surface area contributed by atoms with E-state index in [1.807, 2.05) is 36.4 Å². The second-order valence-corrected chi connectivity index (χ2v) is 9.09. The van der Waals surface area contributed by atoms with Gasteiger partial charge in [-0.15, -0.1) is 35.3 Å². The molecule has 0 atom stereocenters. The minimum atomic E-state index is 0.0238. The largest absolute Gasteiger partial charge is 0.292 e. The summed E-state index contributed by atoms with van der Waals surface area (Å²) in [5, 5.41) is 0. The van der Waals surface area contributed by atoms with Crippen molar-refractivity contribution < 1.29 is 4.79 Å². The summed E-state index contributed by atoms with van der Waals surface area (Å²) in [6, 6.07) is 18.4. The highest BCUT2D eigenvalue weighted by Gasteiger charge is 2.26. The smallest absolute Gasteiger partial charge is 0.186 e. The minimum absolute atomic E-state index is 0.0238. The van der Waals surface area contributed by atoms with E-state index in [2.05, 4.69) is 30.5 Å². The lowest BCUT2D eigenvalue weighted by Gasteiger charge is -2.21. The van der Waals surface area contributed by atoms with Gasteiger partial charge in [0.2, 0.25) is 0 Å². The van der Waals surface area contributed by atoms with Crippen LogP contribution in [0.5, 0.6) is 0 Å². The van der Waals surface area contributed by atoms with Crippen molar-refractivity contribution in [1.29, 1.82) is 0 Å². The third kappa shape index (κ3) is 4.50. The third-order valence-corrected chi connectivity index (χ3v) is 7.46. The maximum Gasteiger partial charge on any atom is 0.186 e. The summed E-state index contributed by atoms with van der Waals surface area (Å²) in [6.45, 7) is 0. The van der Waals surface area contributed by atoms with Crippen LogP contribution in [-0.4, -0.2) is 28.1 Å². The second-order valence-electron chi connectivity index (χ2n) is 5.49. The van der Waals surface area contributed by atoms with Gasteiger partial charge < -0.3 is 0 Å². The molecule has 0 N–H and O–H groups in total. The molecule has 0 unspecified atom stereocenters. The van der Waals surface area contributed by atoms with Gasteiger partial charge in [-0.3, -0.25) is 4.79 Å². The SMILES string of the molecule is CSc1ccc(C=C(C(=O)C2SCCCS2)c2ccccc2)cc1. The average molecular weight is 373 g/mol. The van der Waals surface area contributed by atoms with E-state index < -0.39 is 0 Å². The summed E-state index contributed by atoms with van der Waals surface area (Å²) in [4.78, 5) is 14.3. The number of ketones is 1. The number of carbonyl (C=O) groups is 1. The normalized spacial score (nSPS) is 16.1. The van der Waals surface area contributed by atoms with Crippen LogP contribution in [0.25, 0.3) is 11.6 Å².